The molecule has 18 heavy (non-hydrogen) atoms. The molecule has 0 heterocycles. The van der Waals surface area contributed by atoms with Crippen LogP contribution in [0.5, 0.6) is 5.75 Å². The van der Waals surface area contributed by atoms with E-state index in [-0.39, 0.29) is 6.54 Å². The maximum Gasteiger partial charge on any atom is 0.126 e. The summed E-state index contributed by atoms with van der Waals surface area (Å²) in [6.07, 6.45) is -0.640. The molecule has 94 valence electrons. The molecular weight excluding hydrogens is 226 g/mol. The van der Waals surface area contributed by atoms with Crippen LogP contribution in [-0.4, -0.2) is 18.8 Å². The summed E-state index contributed by atoms with van der Waals surface area (Å²) in [5.41, 5.74) is 8.30. The van der Waals surface area contributed by atoms with Crippen LogP contribution in [0.15, 0.2) is 48.5 Å². The van der Waals surface area contributed by atoms with Gasteiger partial charge in [0.15, 0.2) is 0 Å². The summed E-state index contributed by atoms with van der Waals surface area (Å²) in [5, 5.41) is 9.80. The summed E-state index contributed by atoms with van der Waals surface area (Å²) < 4.78 is 5.36. The predicted octanol–water partition coefficient (Wildman–Crippen LogP) is 2.35. The molecule has 2 aromatic rings. The van der Waals surface area contributed by atoms with Gasteiger partial charge in [-0.15, -0.1) is 0 Å². The Bertz CT molecular complexity index is 511. The van der Waals surface area contributed by atoms with Gasteiger partial charge in [-0.3, -0.25) is 0 Å². The number of ether oxygens (including phenoxy) is 1. The van der Waals surface area contributed by atoms with Crippen LogP contribution < -0.4 is 10.5 Å². The van der Waals surface area contributed by atoms with Crippen molar-refractivity contribution in [3.63, 3.8) is 0 Å². The minimum absolute atomic E-state index is 0.209. The van der Waals surface area contributed by atoms with Crippen LogP contribution in [0, 0.1) is 0 Å². The Hall–Kier alpha value is -1.84. The highest BCUT2D eigenvalue weighted by atomic mass is 16.5. The second-order valence-corrected chi connectivity index (χ2v) is 4.08. The van der Waals surface area contributed by atoms with E-state index < -0.39 is 6.10 Å². The summed E-state index contributed by atoms with van der Waals surface area (Å²) in [6, 6.07) is 15.5. The number of rotatable bonds is 4. The van der Waals surface area contributed by atoms with Gasteiger partial charge in [0.05, 0.1) is 13.2 Å². The third-order valence-corrected chi connectivity index (χ3v) is 2.92. The maximum absolute atomic E-state index is 9.80. The Morgan fingerprint density at radius 1 is 1.17 bits per heavy atom. The van der Waals surface area contributed by atoms with Gasteiger partial charge in [0.25, 0.3) is 0 Å². The van der Waals surface area contributed by atoms with E-state index in [9.17, 15) is 5.11 Å². The molecule has 0 aromatic heterocycles. The summed E-state index contributed by atoms with van der Waals surface area (Å²) in [4.78, 5) is 0. The highest BCUT2D eigenvalue weighted by Crippen LogP contribution is 2.32. The van der Waals surface area contributed by atoms with Gasteiger partial charge in [0.2, 0.25) is 0 Å². The molecule has 0 fully saturated rings. The van der Waals surface area contributed by atoms with Gasteiger partial charge in [0.1, 0.15) is 5.75 Å². The van der Waals surface area contributed by atoms with E-state index in [1.54, 1.807) is 7.11 Å². The fraction of sp³-hybridized carbons (Fsp3) is 0.200. The number of nitrogens with two attached hydrogens (primary N) is 1. The number of benzene rings is 2. The second-order valence-electron chi connectivity index (χ2n) is 4.08. The first-order valence-corrected chi connectivity index (χ1v) is 5.87. The van der Waals surface area contributed by atoms with Crippen LogP contribution in [0.25, 0.3) is 11.1 Å². The van der Waals surface area contributed by atoms with E-state index in [0.717, 1.165) is 22.4 Å². The third kappa shape index (κ3) is 2.53. The van der Waals surface area contributed by atoms with Gasteiger partial charge in [-0.2, -0.15) is 0 Å². The van der Waals surface area contributed by atoms with Crippen molar-refractivity contribution in [1.29, 1.82) is 0 Å². The zero-order valence-electron chi connectivity index (χ0n) is 10.3. The smallest absolute Gasteiger partial charge is 0.126 e. The lowest BCUT2D eigenvalue weighted by atomic mass is 9.99. The van der Waals surface area contributed by atoms with E-state index in [1.807, 2.05) is 48.5 Å². The topological polar surface area (TPSA) is 55.5 Å². The zero-order chi connectivity index (χ0) is 13.0. The number of hydrogen-bond acceptors (Lipinski definition) is 3. The fourth-order valence-corrected chi connectivity index (χ4v) is 1.91. The second kappa shape index (κ2) is 5.67. The van der Waals surface area contributed by atoms with Gasteiger partial charge >= 0.3 is 0 Å². The molecule has 0 amide bonds. The van der Waals surface area contributed by atoms with Gasteiger partial charge in [-0.05, 0) is 23.3 Å². The van der Waals surface area contributed by atoms with Crippen molar-refractivity contribution >= 4 is 0 Å². The summed E-state index contributed by atoms with van der Waals surface area (Å²) in [5.74, 6) is 0.786. The first-order valence-electron chi connectivity index (χ1n) is 5.87. The van der Waals surface area contributed by atoms with Crippen LogP contribution in [0.3, 0.4) is 0 Å². The monoisotopic (exact) mass is 243 g/mol. The minimum atomic E-state index is -0.640. The Kier molecular flexibility index (Phi) is 3.97. The first kappa shape index (κ1) is 12.6. The Morgan fingerprint density at radius 3 is 2.50 bits per heavy atom. The van der Waals surface area contributed by atoms with Gasteiger partial charge < -0.3 is 15.6 Å². The molecule has 3 nitrogen and oxygen atoms in total. The molecule has 0 aliphatic carbocycles. The van der Waals surface area contributed by atoms with Crippen molar-refractivity contribution in [1.82, 2.24) is 0 Å². The van der Waals surface area contributed by atoms with Crippen molar-refractivity contribution in [3.8, 4) is 16.9 Å². The molecule has 2 aromatic carbocycles. The Balaban J connectivity index is 2.50. The average Bonchev–Trinajstić information content (AvgIpc) is 2.46. The molecule has 0 radical (unpaired) electrons. The number of aliphatic hydroxyl groups excluding tert-OH is 1. The molecule has 2 rings (SSSR count). The van der Waals surface area contributed by atoms with Crippen LogP contribution in [-0.2, 0) is 0 Å². The van der Waals surface area contributed by atoms with Crippen molar-refractivity contribution in [2.24, 2.45) is 5.73 Å². The number of methoxy groups -OCH3 is 1. The van der Waals surface area contributed by atoms with Crippen molar-refractivity contribution in [3.05, 3.63) is 54.1 Å². The van der Waals surface area contributed by atoms with E-state index in [2.05, 4.69) is 0 Å². The first-order chi connectivity index (χ1) is 8.76. The molecular formula is C15H17NO2. The predicted molar refractivity (Wildman–Crippen MR) is 72.4 cm³/mol. The lowest BCUT2D eigenvalue weighted by Gasteiger charge is -2.13. The van der Waals surface area contributed by atoms with Crippen molar-refractivity contribution < 1.29 is 9.84 Å². The Morgan fingerprint density at radius 2 is 1.89 bits per heavy atom. The SMILES string of the molecule is COc1ccc(C(O)CN)cc1-c1ccccc1. The van der Waals surface area contributed by atoms with Crippen LogP contribution in [0.1, 0.15) is 11.7 Å². The molecule has 0 aliphatic heterocycles. The van der Waals surface area contributed by atoms with Gasteiger partial charge in [-0.25, -0.2) is 0 Å². The van der Waals surface area contributed by atoms with Crippen LogP contribution in [0.2, 0.25) is 0 Å². The lowest BCUT2D eigenvalue weighted by molar-refractivity contribution is 0.186. The largest absolute Gasteiger partial charge is 0.496 e. The van der Waals surface area contributed by atoms with Gasteiger partial charge in [0, 0.05) is 12.1 Å². The summed E-state index contributed by atoms with van der Waals surface area (Å²) in [6.45, 7) is 0.209. The fourth-order valence-electron chi connectivity index (χ4n) is 1.91. The maximum atomic E-state index is 9.80. The number of aliphatic hydroxyl groups is 1. The molecule has 0 bridgehead atoms. The third-order valence-electron chi connectivity index (χ3n) is 2.92. The molecule has 0 aliphatic rings. The lowest BCUT2D eigenvalue weighted by Crippen LogP contribution is -2.11. The van der Waals surface area contributed by atoms with Crippen LogP contribution in [0.4, 0.5) is 0 Å². The standard InChI is InChI=1S/C15H17NO2/c1-18-15-8-7-12(14(17)10-16)9-13(15)11-5-3-2-4-6-11/h2-9,14,17H,10,16H2,1H3. The quantitative estimate of drug-likeness (QED) is 0.866. The molecule has 1 unspecified atom stereocenters. The molecule has 3 N–H and O–H groups in total. The van der Waals surface area contributed by atoms with Crippen LogP contribution >= 0.6 is 0 Å². The minimum Gasteiger partial charge on any atom is -0.496 e. The number of hydrogen-bond donors (Lipinski definition) is 2. The van der Waals surface area contributed by atoms with Crippen molar-refractivity contribution in [2.45, 2.75) is 6.10 Å². The van der Waals surface area contributed by atoms with Gasteiger partial charge in [-0.1, -0.05) is 36.4 Å². The molecule has 3 heteroatoms. The highest BCUT2D eigenvalue weighted by Gasteiger charge is 2.10. The van der Waals surface area contributed by atoms with E-state index in [0.29, 0.717) is 0 Å². The van der Waals surface area contributed by atoms with E-state index >= 15 is 0 Å². The van der Waals surface area contributed by atoms with E-state index in [1.165, 1.54) is 0 Å². The summed E-state index contributed by atoms with van der Waals surface area (Å²) >= 11 is 0. The summed E-state index contributed by atoms with van der Waals surface area (Å²) in [7, 11) is 1.64. The van der Waals surface area contributed by atoms with E-state index in [4.69, 9.17) is 10.5 Å². The average molecular weight is 243 g/mol. The molecule has 0 saturated carbocycles. The Labute approximate surface area is 107 Å². The molecule has 0 saturated heterocycles. The zero-order valence-corrected chi connectivity index (χ0v) is 10.3. The molecule has 0 spiro atoms. The van der Waals surface area contributed by atoms with Crippen molar-refractivity contribution in [2.75, 3.05) is 13.7 Å². The normalized spacial score (nSPS) is 12.2. The molecule has 1 atom stereocenters. The highest BCUT2D eigenvalue weighted by molar-refractivity contribution is 5.71.